The second-order valence-corrected chi connectivity index (χ2v) is 8.28. The Morgan fingerprint density at radius 3 is 2.57 bits per heavy atom. The summed E-state index contributed by atoms with van der Waals surface area (Å²) in [5.41, 5.74) is 1.57. The van der Waals surface area contributed by atoms with Crippen molar-refractivity contribution in [3.63, 3.8) is 0 Å². The predicted octanol–water partition coefficient (Wildman–Crippen LogP) is 4.21. The lowest BCUT2D eigenvalue weighted by atomic mass is 10.1. The van der Waals surface area contributed by atoms with Crippen molar-refractivity contribution >= 4 is 27.3 Å². The number of halogens is 1. The molecule has 0 aliphatic carbocycles. The van der Waals surface area contributed by atoms with Crippen LogP contribution >= 0.6 is 11.3 Å². The SMILES string of the molecule is COCc1c(C(=O)N2CCN(C(C#N)c3ccccc3)CC2)sc2cccc(F)c12. The fraction of sp³-hybridized carbons (Fsp3) is 0.304. The van der Waals surface area contributed by atoms with E-state index in [2.05, 4.69) is 11.0 Å². The molecule has 1 atom stereocenters. The third-order valence-corrected chi connectivity index (χ3v) is 6.64. The maximum absolute atomic E-state index is 14.4. The Hall–Kier alpha value is -2.79. The molecule has 5 nitrogen and oxygen atoms in total. The van der Waals surface area contributed by atoms with E-state index in [-0.39, 0.29) is 24.4 Å². The van der Waals surface area contributed by atoms with Crippen molar-refractivity contribution in [1.29, 1.82) is 5.26 Å². The smallest absolute Gasteiger partial charge is 0.264 e. The number of amides is 1. The molecule has 2 heterocycles. The van der Waals surface area contributed by atoms with Crippen LogP contribution in [-0.4, -0.2) is 49.0 Å². The third-order valence-electron chi connectivity index (χ3n) is 5.45. The molecule has 0 saturated carbocycles. The molecule has 1 aliphatic rings. The van der Waals surface area contributed by atoms with Crippen molar-refractivity contribution in [3.05, 3.63) is 70.4 Å². The van der Waals surface area contributed by atoms with Crippen molar-refractivity contribution in [2.45, 2.75) is 12.6 Å². The van der Waals surface area contributed by atoms with Crippen LogP contribution in [0.4, 0.5) is 4.39 Å². The molecule has 0 radical (unpaired) electrons. The first kappa shape index (κ1) is 20.5. The average Bonchev–Trinajstić information content (AvgIpc) is 3.15. The van der Waals surface area contributed by atoms with E-state index < -0.39 is 0 Å². The zero-order valence-corrected chi connectivity index (χ0v) is 17.5. The van der Waals surface area contributed by atoms with Crippen LogP contribution in [0.5, 0.6) is 0 Å². The normalized spacial score (nSPS) is 15.8. The highest BCUT2D eigenvalue weighted by molar-refractivity contribution is 7.21. The van der Waals surface area contributed by atoms with Crippen LogP contribution in [-0.2, 0) is 11.3 Å². The highest BCUT2D eigenvalue weighted by Crippen LogP contribution is 2.35. The number of ether oxygens (including phenoxy) is 1. The summed E-state index contributed by atoms with van der Waals surface area (Å²) < 4.78 is 20.4. The number of piperazine rings is 1. The van der Waals surface area contributed by atoms with Crippen LogP contribution in [0.3, 0.4) is 0 Å². The van der Waals surface area contributed by atoms with E-state index in [4.69, 9.17) is 4.74 Å². The van der Waals surface area contributed by atoms with E-state index in [0.29, 0.717) is 42.0 Å². The van der Waals surface area contributed by atoms with Gasteiger partial charge in [-0.05, 0) is 17.7 Å². The Kier molecular flexibility index (Phi) is 6.09. The summed E-state index contributed by atoms with van der Waals surface area (Å²) in [5.74, 6) is -0.435. The number of methoxy groups -OCH3 is 1. The van der Waals surface area contributed by atoms with Gasteiger partial charge in [0.25, 0.3) is 5.91 Å². The van der Waals surface area contributed by atoms with Crippen LogP contribution < -0.4 is 0 Å². The third kappa shape index (κ3) is 3.82. The molecule has 1 fully saturated rings. The second-order valence-electron chi connectivity index (χ2n) is 7.23. The average molecular weight is 424 g/mol. The van der Waals surface area contributed by atoms with E-state index in [1.54, 1.807) is 18.1 Å². The Balaban J connectivity index is 1.53. The molecule has 0 spiro atoms. The number of carbonyl (C=O) groups is 1. The maximum atomic E-state index is 14.4. The van der Waals surface area contributed by atoms with Gasteiger partial charge in [-0.2, -0.15) is 5.26 Å². The molecule has 1 unspecified atom stereocenters. The lowest BCUT2D eigenvalue weighted by molar-refractivity contribution is 0.0607. The van der Waals surface area contributed by atoms with Crippen LogP contribution in [0.25, 0.3) is 10.1 Å². The molecule has 2 aromatic carbocycles. The molecular weight excluding hydrogens is 401 g/mol. The summed E-state index contributed by atoms with van der Waals surface area (Å²) in [6.07, 6.45) is 0. The number of thiophene rings is 1. The van der Waals surface area contributed by atoms with Crippen LogP contribution in [0.1, 0.15) is 26.8 Å². The number of benzene rings is 2. The van der Waals surface area contributed by atoms with Crippen molar-refractivity contribution in [3.8, 4) is 6.07 Å². The second kappa shape index (κ2) is 8.92. The zero-order valence-electron chi connectivity index (χ0n) is 16.7. The number of hydrogen-bond donors (Lipinski definition) is 0. The number of rotatable bonds is 5. The number of hydrogen-bond acceptors (Lipinski definition) is 5. The van der Waals surface area contributed by atoms with E-state index >= 15 is 0 Å². The highest BCUT2D eigenvalue weighted by Gasteiger charge is 2.30. The molecule has 1 amide bonds. The van der Waals surface area contributed by atoms with Crippen molar-refractivity contribution in [2.75, 3.05) is 33.3 Å². The minimum Gasteiger partial charge on any atom is -0.380 e. The minimum atomic E-state index is -0.334. The monoisotopic (exact) mass is 423 g/mol. The molecule has 0 N–H and O–H groups in total. The van der Waals surface area contributed by atoms with E-state index in [9.17, 15) is 14.4 Å². The predicted molar refractivity (Wildman–Crippen MR) is 115 cm³/mol. The van der Waals surface area contributed by atoms with Crippen molar-refractivity contribution in [2.24, 2.45) is 0 Å². The first-order valence-electron chi connectivity index (χ1n) is 9.80. The van der Waals surface area contributed by atoms with Gasteiger partial charge < -0.3 is 9.64 Å². The van der Waals surface area contributed by atoms with Crippen molar-refractivity contribution in [1.82, 2.24) is 9.80 Å². The Morgan fingerprint density at radius 1 is 1.17 bits per heavy atom. The lowest BCUT2D eigenvalue weighted by Crippen LogP contribution is -2.49. The molecule has 7 heteroatoms. The fourth-order valence-corrected chi connectivity index (χ4v) is 5.14. The van der Waals surface area contributed by atoms with Gasteiger partial charge in [0, 0.05) is 48.9 Å². The molecule has 1 saturated heterocycles. The van der Waals surface area contributed by atoms with Crippen LogP contribution in [0, 0.1) is 17.1 Å². The van der Waals surface area contributed by atoms with Gasteiger partial charge in [0.05, 0.1) is 17.6 Å². The summed E-state index contributed by atoms with van der Waals surface area (Å²) in [6, 6.07) is 16.6. The van der Waals surface area contributed by atoms with Gasteiger partial charge in [-0.1, -0.05) is 36.4 Å². The molecule has 30 heavy (non-hydrogen) atoms. The lowest BCUT2D eigenvalue weighted by Gasteiger charge is -2.37. The number of nitriles is 1. The van der Waals surface area contributed by atoms with E-state index in [0.717, 1.165) is 10.3 Å². The Morgan fingerprint density at radius 2 is 1.90 bits per heavy atom. The first-order chi connectivity index (χ1) is 14.6. The minimum absolute atomic E-state index is 0.101. The van der Waals surface area contributed by atoms with E-state index in [1.165, 1.54) is 17.4 Å². The molecule has 3 aromatic rings. The topological polar surface area (TPSA) is 56.6 Å². The molecule has 0 bridgehead atoms. The first-order valence-corrected chi connectivity index (χ1v) is 10.6. The summed E-state index contributed by atoms with van der Waals surface area (Å²) in [4.78, 5) is 17.7. The molecular formula is C23H22FN3O2S. The summed E-state index contributed by atoms with van der Waals surface area (Å²) in [7, 11) is 1.54. The molecule has 154 valence electrons. The molecule has 1 aliphatic heterocycles. The molecule has 4 rings (SSSR count). The van der Waals surface area contributed by atoms with E-state index in [1.807, 2.05) is 36.4 Å². The van der Waals surface area contributed by atoms with Crippen molar-refractivity contribution < 1.29 is 13.9 Å². The quantitative estimate of drug-likeness (QED) is 0.617. The van der Waals surface area contributed by atoms with Gasteiger partial charge >= 0.3 is 0 Å². The summed E-state index contributed by atoms with van der Waals surface area (Å²) >= 11 is 1.31. The Bertz CT molecular complexity index is 1090. The van der Waals surface area contributed by atoms with Crippen LogP contribution in [0.15, 0.2) is 48.5 Å². The van der Waals surface area contributed by atoms with Gasteiger partial charge in [0.15, 0.2) is 0 Å². The van der Waals surface area contributed by atoms with Crippen LogP contribution in [0.2, 0.25) is 0 Å². The summed E-state index contributed by atoms with van der Waals surface area (Å²) in [5, 5.41) is 10.1. The largest absolute Gasteiger partial charge is 0.380 e. The van der Waals surface area contributed by atoms with Gasteiger partial charge in [-0.25, -0.2) is 4.39 Å². The van der Waals surface area contributed by atoms with Gasteiger partial charge in [0.1, 0.15) is 11.9 Å². The number of fused-ring (bicyclic) bond motifs is 1. The van der Waals surface area contributed by atoms with Gasteiger partial charge in [0.2, 0.25) is 0 Å². The zero-order chi connectivity index (χ0) is 21.1. The standard InChI is InChI=1S/C23H22FN3O2S/c1-29-15-17-21-18(24)8-5-9-20(21)30-22(17)23(28)27-12-10-26(11-13-27)19(14-25)16-6-3-2-4-7-16/h2-9,19H,10-13,15H2,1H3. The number of nitrogens with zero attached hydrogens (tertiary/aromatic N) is 3. The summed E-state index contributed by atoms with van der Waals surface area (Å²) in [6.45, 7) is 2.45. The number of carbonyl (C=O) groups excluding carboxylic acids is 1. The van der Waals surface area contributed by atoms with Gasteiger partial charge in [-0.3, -0.25) is 9.69 Å². The Labute approximate surface area is 178 Å². The molecule has 1 aromatic heterocycles. The maximum Gasteiger partial charge on any atom is 0.264 e. The highest BCUT2D eigenvalue weighted by atomic mass is 32.1. The fourth-order valence-electron chi connectivity index (χ4n) is 3.95. The van der Waals surface area contributed by atoms with Gasteiger partial charge in [-0.15, -0.1) is 11.3 Å².